The molecule has 4 heterocycles. The highest BCUT2D eigenvalue weighted by atomic mass is 35.5. The smallest absolute Gasteiger partial charge is 0.261 e. The van der Waals surface area contributed by atoms with Crippen molar-refractivity contribution in [3.8, 4) is 40.4 Å². The molecule has 33 heavy (non-hydrogen) atoms. The van der Waals surface area contributed by atoms with E-state index in [0.717, 1.165) is 0 Å². The molecule has 10 heteroatoms. The average molecular weight is 467 g/mol. The van der Waals surface area contributed by atoms with Crippen molar-refractivity contribution in [1.29, 1.82) is 0 Å². The fourth-order valence-electron chi connectivity index (χ4n) is 2.53. The van der Waals surface area contributed by atoms with E-state index >= 15 is 0 Å². The Morgan fingerprint density at radius 1 is 0.727 bits per heavy atom. The van der Waals surface area contributed by atoms with Crippen LogP contribution in [0.3, 0.4) is 0 Å². The van der Waals surface area contributed by atoms with Gasteiger partial charge in [-0.2, -0.15) is 4.98 Å². The van der Waals surface area contributed by atoms with Gasteiger partial charge in [0.25, 0.3) is 5.88 Å². The van der Waals surface area contributed by atoms with E-state index in [2.05, 4.69) is 29.9 Å². The topological polar surface area (TPSA) is 105 Å². The molecule has 0 atom stereocenters. The number of hydrogen-bond acceptors (Lipinski definition) is 9. The number of rotatable bonds is 6. The Kier molecular flexibility index (Phi) is 8.43. The largest absolute Gasteiger partial charge is 0.492 e. The van der Waals surface area contributed by atoms with Gasteiger partial charge in [-0.1, -0.05) is 23.7 Å². The van der Waals surface area contributed by atoms with Crippen LogP contribution in [0.2, 0.25) is 5.15 Å². The molecule has 0 spiro atoms. The van der Waals surface area contributed by atoms with Crippen molar-refractivity contribution in [3.63, 3.8) is 0 Å². The van der Waals surface area contributed by atoms with Gasteiger partial charge in [0.2, 0.25) is 0 Å². The molecule has 0 aliphatic rings. The third-order valence-corrected chi connectivity index (χ3v) is 4.28. The van der Waals surface area contributed by atoms with Crippen LogP contribution in [0.5, 0.6) is 17.4 Å². The first-order valence-corrected chi connectivity index (χ1v) is 10.4. The van der Waals surface area contributed by atoms with Gasteiger partial charge in [0, 0.05) is 12.4 Å². The summed E-state index contributed by atoms with van der Waals surface area (Å²) in [5.74, 6) is 2.41. The summed E-state index contributed by atoms with van der Waals surface area (Å²) >= 11 is 5.88. The summed E-state index contributed by atoms with van der Waals surface area (Å²) in [6.45, 7) is 3.87. The second-order valence-corrected chi connectivity index (χ2v) is 7.07. The fourth-order valence-corrected chi connectivity index (χ4v) is 2.73. The van der Waals surface area contributed by atoms with Gasteiger partial charge in [0.05, 0.1) is 32.7 Å². The Balaban J connectivity index is 0.000000189. The average Bonchev–Trinajstić information content (AvgIpc) is 2.85. The van der Waals surface area contributed by atoms with E-state index in [1.54, 1.807) is 25.7 Å². The standard InChI is InChI=1S/C13H15N3O2.C10H8ClN3O/c1-9(2)18-13-11(17-3)8-15-12(16-13)10-6-4-5-7-14-10;1-15-8-6-13-10(14-9(8)11)7-4-2-3-5-12-7/h4-9H,1-3H3;2-6H,1H3. The Hall–Kier alpha value is -3.85. The molecule has 4 aromatic rings. The lowest BCUT2D eigenvalue weighted by atomic mass is 10.3. The van der Waals surface area contributed by atoms with Crippen molar-refractivity contribution in [2.45, 2.75) is 20.0 Å². The van der Waals surface area contributed by atoms with Gasteiger partial charge in [-0.15, -0.1) is 0 Å². The van der Waals surface area contributed by atoms with Crippen LogP contribution in [0.1, 0.15) is 13.8 Å². The highest BCUT2D eigenvalue weighted by Crippen LogP contribution is 2.26. The summed E-state index contributed by atoms with van der Waals surface area (Å²) in [5.41, 5.74) is 1.39. The Morgan fingerprint density at radius 3 is 1.73 bits per heavy atom. The molecule has 0 N–H and O–H groups in total. The third-order valence-electron chi connectivity index (χ3n) is 4.01. The molecule has 4 aromatic heterocycles. The van der Waals surface area contributed by atoms with Crippen LogP contribution in [-0.2, 0) is 0 Å². The van der Waals surface area contributed by atoms with Crippen LogP contribution >= 0.6 is 11.6 Å². The quantitative estimate of drug-likeness (QED) is 0.378. The van der Waals surface area contributed by atoms with Gasteiger partial charge in [-0.25, -0.2) is 15.0 Å². The monoisotopic (exact) mass is 466 g/mol. The molecule has 0 fully saturated rings. The molecule has 0 aliphatic carbocycles. The number of halogens is 1. The van der Waals surface area contributed by atoms with Crippen molar-refractivity contribution < 1.29 is 14.2 Å². The van der Waals surface area contributed by atoms with Crippen molar-refractivity contribution in [2.24, 2.45) is 0 Å². The highest BCUT2D eigenvalue weighted by molar-refractivity contribution is 6.30. The Bertz CT molecular complexity index is 1160. The number of aromatic nitrogens is 6. The van der Waals surface area contributed by atoms with Crippen LogP contribution in [0.15, 0.2) is 61.2 Å². The summed E-state index contributed by atoms with van der Waals surface area (Å²) in [5, 5.41) is 0.285. The van der Waals surface area contributed by atoms with Crippen LogP contribution < -0.4 is 14.2 Å². The molecule has 0 aliphatic heterocycles. The lowest BCUT2D eigenvalue weighted by Gasteiger charge is -2.12. The second-order valence-electron chi connectivity index (χ2n) is 6.72. The molecule has 170 valence electrons. The van der Waals surface area contributed by atoms with E-state index in [4.69, 9.17) is 25.8 Å². The molecular weight excluding hydrogens is 444 g/mol. The van der Waals surface area contributed by atoms with E-state index in [-0.39, 0.29) is 11.3 Å². The van der Waals surface area contributed by atoms with E-state index in [9.17, 15) is 0 Å². The van der Waals surface area contributed by atoms with Crippen LogP contribution in [0, 0.1) is 0 Å². The number of nitrogens with zero attached hydrogens (tertiary/aromatic N) is 6. The SMILES string of the molecule is COc1cnc(-c2ccccn2)nc1Cl.COc1cnc(-c2ccccn2)nc1OC(C)C. The second kappa shape index (κ2) is 11.7. The summed E-state index contributed by atoms with van der Waals surface area (Å²) < 4.78 is 15.7. The first-order chi connectivity index (χ1) is 16.0. The minimum atomic E-state index is 0.0189. The van der Waals surface area contributed by atoms with E-state index < -0.39 is 0 Å². The predicted octanol–water partition coefficient (Wildman–Crippen LogP) is 4.54. The fraction of sp³-hybridized carbons (Fsp3) is 0.217. The van der Waals surface area contributed by atoms with Gasteiger partial charge in [-0.05, 0) is 38.1 Å². The summed E-state index contributed by atoms with van der Waals surface area (Å²) in [6.07, 6.45) is 6.52. The molecule has 9 nitrogen and oxygen atoms in total. The van der Waals surface area contributed by atoms with Gasteiger partial charge in [-0.3, -0.25) is 9.97 Å². The van der Waals surface area contributed by atoms with Crippen LogP contribution in [-0.4, -0.2) is 50.2 Å². The van der Waals surface area contributed by atoms with Gasteiger partial charge in [0.1, 0.15) is 11.4 Å². The van der Waals surface area contributed by atoms with Crippen molar-refractivity contribution >= 4 is 11.6 Å². The van der Waals surface area contributed by atoms with Gasteiger partial charge < -0.3 is 14.2 Å². The van der Waals surface area contributed by atoms with Crippen LogP contribution in [0.25, 0.3) is 23.0 Å². The van der Waals surface area contributed by atoms with E-state index in [1.165, 1.54) is 13.3 Å². The van der Waals surface area contributed by atoms with Crippen molar-refractivity contribution in [1.82, 2.24) is 29.9 Å². The number of pyridine rings is 2. The van der Waals surface area contributed by atoms with Gasteiger partial charge >= 0.3 is 0 Å². The lowest BCUT2D eigenvalue weighted by Crippen LogP contribution is -2.09. The number of methoxy groups -OCH3 is 2. The molecular formula is C23H23ClN6O3. The zero-order valence-electron chi connectivity index (χ0n) is 18.6. The van der Waals surface area contributed by atoms with E-state index in [1.807, 2.05) is 50.2 Å². The number of hydrogen-bond donors (Lipinski definition) is 0. The highest BCUT2D eigenvalue weighted by Gasteiger charge is 2.12. The molecule has 0 bridgehead atoms. The Labute approximate surface area is 196 Å². The predicted molar refractivity (Wildman–Crippen MR) is 124 cm³/mol. The molecule has 0 unspecified atom stereocenters. The Morgan fingerprint density at radius 2 is 1.27 bits per heavy atom. The molecule has 0 aromatic carbocycles. The first kappa shape index (κ1) is 23.8. The molecule has 4 rings (SSSR count). The summed E-state index contributed by atoms with van der Waals surface area (Å²) in [6, 6.07) is 11.1. The zero-order valence-corrected chi connectivity index (χ0v) is 19.4. The minimum absolute atomic E-state index is 0.0189. The maximum absolute atomic E-state index is 5.88. The van der Waals surface area contributed by atoms with E-state index in [0.29, 0.717) is 40.4 Å². The number of ether oxygens (including phenoxy) is 3. The normalized spacial score (nSPS) is 10.2. The summed E-state index contributed by atoms with van der Waals surface area (Å²) in [4.78, 5) is 25.0. The minimum Gasteiger partial charge on any atom is -0.492 e. The van der Waals surface area contributed by atoms with Crippen molar-refractivity contribution in [2.75, 3.05) is 14.2 Å². The molecule has 0 saturated carbocycles. The molecule has 0 radical (unpaired) electrons. The molecule has 0 saturated heterocycles. The third kappa shape index (κ3) is 6.56. The zero-order chi connectivity index (χ0) is 23.6. The van der Waals surface area contributed by atoms with Crippen molar-refractivity contribution in [3.05, 3.63) is 66.3 Å². The first-order valence-electron chi connectivity index (χ1n) is 9.98. The maximum Gasteiger partial charge on any atom is 0.261 e. The lowest BCUT2D eigenvalue weighted by molar-refractivity contribution is 0.219. The van der Waals surface area contributed by atoms with Gasteiger partial charge in [0.15, 0.2) is 28.3 Å². The molecule has 0 amide bonds. The summed E-state index contributed by atoms with van der Waals surface area (Å²) in [7, 11) is 3.08. The maximum atomic E-state index is 5.88. The van der Waals surface area contributed by atoms with Crippen LogP contribution in [0.4, 0.5) is 0 Å².